The zero-order chi connectivity index (χ0) is 25.5. The molecule has 1 fully saturated rings. The van der Waals surface area contributed by atoms with Crippen LogP contribution in [0.1, 0.15) is 64.3 Å². The van der Waals surface area contributed by atoms with Gasteiger partial charge in [-0.05, 0) is 56.6 Å². The summed E-state index contributed by atoms with van der Waals surface area (Å²) in [7, 11) is 3.48. The van der Waals surface area contributed by atoms with Gasteiger partial charge in [-0.15, -0.1) is 5.10 Å². The van der Waals surface area contributed by atoms with Gasteiger partial charge in [-0.25, -0.2) is 14.5 Å². The van der Waals surface area contributed by atoms with Crippen molar-refractivity contribution >= 4 is 12.1 Å². The van der Waals surface area contributed by atoms with E-state index in [0.29, 0.717) is 54.6 Å². The van der Waals surface area contributed by atoms with Gasteiger partial charge in [0.25, 0.3) is 0 Å². The molecular weight excluding hydrogens is 450 g/mol. The third-order valence-electron chi connectivity index (χ3n) is 6.41. The summed E-state index contributed by atoms with van der Waals surface area (Å²) < 4.78 is 13.3. The van der Waals surface area contributed by atoms with Crippen molar-refractivity contribution < 1.29 is 24.2 Å². The second-order valence-electron chi connectivity index (χ2n) is 9.60. The average molecular weight is 488 g/mol. The van der Waals surface area contributed by atoms with Crippen LogP contribution in [-0.4, -0.2) is 61.7 Å². The van der Waals surface area contributed by atoms with Crippen molar-refractivity contribution in [2.75, 3.05) is 13.6 Å². The van der Waals surface area contributed by atoms with Gasteiger partial charge in [0.05, 0.1) is 23.4 Å². The minimum absolute atomic E-state index is 0.0315. The van der Waals surface area contributed by atoms with Crippen molar-refractivity contribution in [2.24, 2.45) is 18.9 Å². The SMILES string of the molecule is CCc1nc(-c2nnn(C)c2COC(=O)N(C)CCC(C)C)ccc1O[C@H]1CCC[C@H](C(=O)O)C1. The van der Waals surface area contributed by atoms with E-state index in [1.165, 1.54) is 0 Å². The summed E-state index contributed by atoms with van der Waals surface area (Å²) in [5.74, 6) is 0.0429. The number of carboxylic acids is 1. The van der Waals surface area contributed by atoms with Gasteiger partial charge in [0, 0.05) is 20.6 Å². The van der Waals surface area contributed by atoms with Crippen LogP contribution in [0.4, 0.5) is 4.79 Å². The molecule has 0 spiro atoms. The number of ether oxygens (including phenoxy) is 2. The van der Waals surface area contributed by atoms with E-state index in [2.05, 4.69) is 24.2 Å². The van der Waals surface area contributed by atoms with Crippen molar-refractivity contribution in [3.63, 3.8) is 0 Å². The number of rotatable bonds is 10. The monoisotopic (exact) mass is 487 g/mol. The van der Waals surface area contributed by atoms with E-state index in [1.807, 2.05) is 19.1 Å². The zero-order valence-electron chi connectivity index (χ0n) is 21.4. The van der Waals surface area contributed by atoms with Gasteiger partial charge in [-0.3, -0.25) is 4.79 Å². The number of nitrogens with zero attached hydrogens (tertiary/aromatic N) is 5. The number of amides is 1. The molecule has 1 amide bonds. The van der Waals surface area contributed by atoms with E-state index in [4.69, 9.17) is 14.5 Å². The van der Waals surface area contributed by atoms with Crippen LogP contribution >= 0.6 is 0 Å². The Hall–Kier alpha value is -3.17. The lowest BCUT2D eigenvalue weighted by Crippen LogP contribution is -2.29. The van der Waals surface area contributed by atoms with Gasteiger partial charge in [-0.1, -0.05) is 26.0 Å². The molecule has 2 atom stereocenters. The largest absolute Gasteiger partial charge is 0.488 e. The summed E-state index contributed by atoms with van der Waals surface area (Å²) in [6.45, 7) is 6.88. The van der Waals surface area contributed by atoms with Crippen molar-refractivity contribution in [1.82, 2.24) is 24.9 Å². The number of hydrogen-bond donors (Lipinski definition) is 1. The van der Waals surface area contributed by atoms with Crippen LogP contribution in [0.25, 0.3) is 11.4 Å². The van der Waals surface area contributed by atoms with E-state index < -0.39 is 12.1 Å². The molecule has 192 valence electrons. The van der Waals surface area contributed by atoms with Crippen LogP contribution in [0, 0.1) is 11.8 Å². The minimum atomic E-state index is -0.760. The predicted molar refractivity (Wildman–Crippen MR) is 130 cm³/mol. The maximum Gasteiger partial charge on any atom is 0.409 e. The fourth-order valence-electron chi connectivity index (χ4n) is 4.16. The molecule has 0 unspecified atom stereocenters. The fraction of sp³-hybridized carbons (Fsp3) is 0.640. The second-order valence-corrected chi connectivity index (χ2v) is 9.60. The molecular formula is C25H37N5O5. The van der Waals surface area contributed by atoms with Crippen molar-refractivity contribution in [3.05, 3.63) is 23.5 Å². The number of aliphatic carboxylic acids is 1. The molecule has 0 saturated heterocycles. The Bertz CT molecular complexity index is 1020. The number of pyridine rings is 1. The van der Waals surface area contributed by atoms with E-state index in [9.17, 15) is 14.7 Å². The quantitative estimate of drug-likeness (QED) is 0.532. The Morgan fingerprint density at radius 3 is 2.74 bits per heavy atom. The summed E-state index contributed by atoms with van der Waals surface area (Å²) in [5, 5.41) is 17.7. The number of aromatic nitrogens is 4. The molecule has 1 aliphatic rings. The summed E-state index contributed by atoms with van der Waals surface area (Å²) >= 11 is 0. The van der Waals surface area contributed by atoms with Crippen LogP contribution < -0.4 is 4.74 Å². The number of aryl methyl sites for hydroxylation is 2. The first kappa shape index (κ1) is 26.4. The highest BCUT2D eigenvalue weighted by atomic mass is 16.6. The highest BCUT2D eigenvalue weighted by Crippen LogP contribution is 2.31. The summed E-state index contributed by atoms with van der Waals surface area (Å²) in [6.07, 6.45) is 3.89. The smallest absolute Gasteiger partial charge is 0.409 e. The molecule has 2 aromatic rings. The molecule has 0 aromatic carbocycles. The topological polar surface area (TPSA) is 120 Å². The Morgan fingerprint density at radius 1 is 1.29 bits per heavy atom. The Morgan fingerprint density at radius 2 is 2.06 bits per heavy atom. The first-order chi connectivity index (χ1) is 16.7. The molecule has 3 rings (SSSR count). The molecule has 0 aliphatic heterocycles. The van der Waals surface area contributed by atoms with Crippen molar-refractivity contribution in [2.45, 2.75) is 72.0 Å². The maximum atomic E-state index is 12.4. The van der Waals surface area contributed by atoms with Crippen LogP contribution in [0.5, 0.6) is 5.75 Å². The first-order valence-corrected chi connectivity index (χ1v) is 12.4. The van der Waals surface area contributed by atoms with Crippen molar-refractivity contribution in [1.29, 1.82) is 0 Å². The van der Waals surface area contributed by atoms with Gasteiger partial charge in [0.2, 0.25) is 0 Å². The van der Waals surface area contributed by atoms with Crippen LogP contribution in [0.2, 0.25) is 0 Å². The molecule has 0 bridgehead atoms. The molecule has 35 heavy (non-hydrogen) atoms. The number of carboxylic acid groups (broad SMARTS) is 1. The minimum Gasteiger partial charge on any atom is -0.488 e. The Labute approximate surface area is 206 Å². The van der Waals surface area contributed by atoms with Gasteiger partial charge in [-0.2, -0.15) is 0 Å². The number of carbonyl (C=O) groups is 2. The molecule has 10 heteroatoms. The third kappa shape index (κ3) is 6.93. The van der Waals surface area contributed by atoms with Crippen molar-refractivity contribution in [3.8, 4) is 17.1 Å². The van der Waals surface area contributed by atoms with Gasteiger partial charge in [0.15, 0.2) is 0 Å². The molecule has 1 saturated carbocycles. The van der Waals surface area contributed by atoms with Crippen LogP contribution in [0.3, 0.4) is 0 Å². The molecule has 1 aliphatic carbocycles. The summed E-state index contributed by atoms with van der Waals surface area (Å²) in [4.78, 5) is 30.1. The molecule has 2 aromatic heterocycles. The predicted octanol–water partition coefficient (Wildman–Crippen LogP) is 4.08. The number of carbonyl (C=O) groups excluding carboxylic acids is 1. The van der Waals surface area contributed by atoms with Crippen LogP contribution in [0.15, 0.2) is 12.1 Å². The lowest BCUT2D eigenvalue weighted by atomic mass is 9.87. The van der Waals surface area contributed by atoms with Gasteiger partial charge >= 0.3 is 12.1 Å². The third-order valence-corrected chi connectivity index (χ3v) is 6.41. The zero-order valence-corrected chi connectivity index (χ0v) is 21.4. The number of hydrogen-bond acceptors (Lipinski definition) is 7. The highest BCUT2D eigenvalue weighted by molar-refractivity contribution is 5.70. The maximum absolute atomic E-state index is 12.4. The average Bonchev–Trinajstić information content (AvgIpc) is 3.21. The fourth-order valence-corrected chi connectivity index (χ4v) is 4.16. The standard InChI is InChI=1S/C25H37N5O5/c1-6-19-22(35-18-9-7-8-17(14-18)24(31)32)11-10-20(26-19)23-21(30(5)28-27-23)15-34-25(33)29(4)13-12-16(2)3/h10-11,16-18H,6-9,12-15H2,1-5H3,(H,31,32)/t17-,18-/m0/s1. The van der Waals surface area contributed by atoms with E-state index >= 15 is 0 Å². The summed E-state index contributed by atoms with van der Waals surface area (Å²) in [5.41, 5.74) is 2.58. The summed E-state index contributed by atoms with van der Waals surface area (Å²) in [6, 6.07) is 3.67. The van der Waals surface area contributed by atoms with E-state index in [1.54, 1.807) is 23.7 Å². The Balaban J connectivity index is 1.71. The van der Waals surface area contributed by atoms with E-state index in [-0.39, 0.29) is 18.6 Å². The van der Waals surface area contributed by atoms with Crippen LogP contribution in [-0.2, 0) is 29.6 Å². The van der Waals surface area contributed by atoms with Gasteiger partial charge in [0.1, 0.15) is 23.7 Å². The molecule has 2 heterocycles. The lowest BCUT2D eigenvalue weighted by Gasteiger charge is -2.28. The molecule has 0 radical (unpaired) electrons. The normalized spacial score (nSPS) is 17.9. The van der Waals surface area contributed by atoms with Gasteiger partial charge < -0.3 is 19.5 Å². The first-order valence-electron chi connectivity index (χ1n) is 12.4. The lowest BCUT2D eigenvalue weighted by molar-refractivity contribution is -0.143. The highest BCUT2D eigenvalue weighted by Gasteiger charge is 2.29. The molecule has 1 N–H and O–H groups in total. The van der Waals surface area contributed by atoms with E-state index in [0.717, 1.165) is 25.0 Å². The Kier molecular flexibility index (Phi) is 9.06. The second kappa shape index (κ2) is 12.0. The molecule has 10 nitrogen and oxygen atoms in total.